The molecular weight excluding hydrogens is 781 g/mol. The van der Waals surface area contributed by atoms with Gasteiger partial charge in [0.05, 0.1) is 0 Å². The van der Waals surface area contributed by atoms with Gasteiger partial charge in [-0.05, 0) is 83.5 Å². The van der Waals surface area contributed by atoms with Gasteiger partial charge in [-0.2, -0.15) is 0 Å². The molecule has 0 aromatic rings. The lowest BCUT2D eigenvalue weighted by atomic mass is 10.1. The van der Waals surface area contributed by atoms with E-state index in [0.717, 1.165) is 70.6 Å². The van der Waals surface area contributed by atoms with E-state index >= 15 is 0 Å². The monoisotopic (exact) mass is 867 g/mol. The topological polar surface area (TPSA) is 78.9 Å². The highest BCUT2D eigenvalue weighted by atomic mass is 16.6. The standard InChI is InChI=1S/C57H86O6/c1-4-7-10-13-16-19-22-25-27-28-30-32-35-38-41-44-47-50-56(59)62-53-54(52-61-55(58)49-46-43-40-37-34-31-24-21-18-15-12-9-6-3)63-57(60)51-48-45-42-39-36-33-29-26-23-20-17-14-11-8-5-2/h8-9,11-12,14-21,23-27,29,31,33-34,36-37,40,54H,4-7,10,13,22,28,30,32,35,38-39,41-53H2,1-3H3/b11-8+,12-9+,17-14+,18-15+,19-16+,23-20+,24-21+,27-25+,29-26+,34-31+,36-33+,40-37+. The van der Waals surface area contributed by atoms with Crippen molar-refractivity contribution in [2.24, 2.45) is 0 Å². The summed E-state index contributed by atoms with van der Waals surface area (Å²) in [6, 6.07) is 0. The van der Waals surface area contributed by atoms with Crippen molar-refractivity contribution in [3.63, 3.8) is 0 Å². The Morgan fingerprint density at radius 2 is 0.698 bits per heavy atom. The van der Waals surface area contributed by atoms with Crippen LogP contribution in [0.15, 0.2) is 146 Å². The smallest absolute Gasteiger partial charge is 0.306 e. The third-order valence-corrected chi connectivity index (χ3v) is 9.56. The van der Waals surface area contributed by atoms with Crippen LogP contribution in [0.1, 0.15) is 175 Å². The minimum absolute atomic E-state index is 0.129. The molecule has 63 heavy (non-hydrogen) atoms. The lowest BCUT2D eigenvalue weighted by Gasteiger charge is -2.18. The van der Waals surface area contributed by atoms with Crippen molar-refractivity contribution >= 4 is 17.9 Å². The Hall–Kier alpha value is -4.71. The highest BCUT2D eigenvalue weighted by Gasteiger charge is 2.19. The van der Waals surface area contributed by atoms with Crippen LogP contribution in [0.3, 0.4) is 0 Å². The van der Waals surface area contributed by atoms with E-state index in [4.69, 9.17) is 14.2 Å². The first-order valence-corrected chi connectivity index (χ1v) is 24.5. The molecule has 6 nitrogen and oxygen atoms in total. The molecule has 0 aromatic carbocycles. The highest BCUT2D eigenvalue weighted by Crippen LogP contribution is 2.12. The fraction of sp³-hybridized carbons (Fsp3) is 0.526. The van der Waals surface area contributed by atoms with Crippen molar-refractivity contribution in [2.45, 2.75) is 181 Å². The number of carbonyl (C=O) groups excluding carboxylic acids is 3. The number of rotatable bonds is 41. The molecule has 0 heterocycles. The normalized spacial score (nSPS) is 13.4. The van der Waals surface area contributed by atoms with Gasteiger partial charge < -0.3 is 14.2 Å². The van der Waals surface area contributed by atoms with Crippen LogP contribution < -0.4 is 0 Å². The largest absolute Gasteiger partial charge is 0.462 e. The molecule has 0 aliphatic carbocycles. The van der Waals surface area contributed by atoms with E-state index in [2.05, 4.69) is 63.3 Å². The molecule has 0 fully saturated rings. The first-order valence-electron chi connectivity index (χ1n) is 24.5. The van der Waals surface area contributed by atoms with Crippen LogP contribution in [-0.2, 0) is 28.6 Å². The molecule has 0 aromatic heterocycles. The van der Waals surface area contributed by atoms with E-state index in [1.165, 1.54) is 51.4 Å². The van der Waals surface area contributed by atoms with Gasteiger partial charge in [0.2, 0.25) is 0 Å². The van der Waals surface area contributed by atoms with Crippen molar-refractivity contribution in [1.82, 2.24) is 0 Å². The summed E-state index contributed by atoms with van der Waals surface area (Å²) < 4.78 is 16.6. The maximum Gasteiger partial charge on any atom is 0.306 e. The zero-order chi connectivity index (χ0) is 45.8. The van der Waals surface area contributed by atoms with E-state index < -0.39 is 6.10 Å². The van der Waals surface area contributed by atoms with Crippen LogP contribution in [0.2, 0.25) is 0 Å². The van der Waals surface area contributed by atoms with Gasteiger partial charge in [-0.15, -0.1) is 0 Å². The lowest BCUT2D eigenvalue weighted by Crippen LogP contribution is -2.30. The van der Waals surface area contributed by atoms with Crippen LogP contribution >= 0.6 is 0 Å². The van der Waals surface area contributed by atoms with Crippen molar-refractivity contribution in [2.75, 3.05) is 13.2 Å². The van der Waals surface area contributed by atoms with Crippen LogP contribution in [0, 0.1) is 0 Å². The van der Waals surface area contributed by atoms with E-state index in [9.17, 15) is 14.4 Å². The summed E-state index contributed by atoms with van der Waals surface area (Å²) in [4.78, 5) is 37.9. The molecule has 0 aliphatic rings. The Balaban J connectivity index is 4.60. The number of hydrogen-bond donors (Lipinski definition) is 0. The first-order chi connectivity index (χ1) is 31.0. The molecule has 0 saturated heterocycles. The number of esters is 3. The van der Waals surface area contributed by atoms with Crippen molar-refractivity contribution in [1.29, 1.82) is 0 Å². The van der Waals surface area contributed by atoms with E-state index in [1.54, 1.807) is 0 Å². The molecule has 0 spiro atoms. The number of ether oxygens (including phenoxy) is 3. The van der Waals surface area contributed by atoms with Gasteiger partial charge in [0.1, 0.15) is 13.2 Å². The summed E-state index contributed by atoms with van der Waals surface area (Å²) in [6.45, 7) is 6.18. The van der Waals surface area contributed by atoms with Crippen LogP contribution in [0.25, 0.3) is 0 Å². The number of allylic oxidation sites excluding steroid dienone is 24. The molecule has 0 aliphatic heterocycles. The Labute approximate surface area is 385 Å². The second kappa shape index (κ2) is 49.9. The zero-order valence-electron chi connectivity index (χ0n) is 39.8. The van der Waals surface area contributed by atoms with Gasteiger partial charge in [-0.1, -0.05) is 218 Å². The Morgan fingerprint density at radius 3 is 1.17 bits per heavy atom. The lowest BCUT2D eigenvalue weighted by molar-refractivity contribution is -0.167. The van der Waals surface area contributed by atoms with E-state index in [1.807, 2.05) is 103 Å². The Kier molecular flexibility index (Phi) is 46.2. The van der Waals surface area contributed by atoms with Crippen molar-refractivity contribution in [3.8, 4) is 0 Å². The molecule has 6 heteroatoms. The predicted octanol–water partition coefficient (Wildman–Crippen LogP) is 16.1. The van der Waals surface area contributed by atoms with Gasteiger partial charge in [0.25, 0.3) is 0 Å². The van der Waals surface area contributed by atoms with Crippen molar-refractivity contribution < 1.29 is 28.6 Å². The molecule has 0 amide bonds. The number of carbonyl (C=O) groups is 3. The quantitative estimate of drug-likeness (QED) is 0.0200. The Bertz CT molecular complexity index is 1460. The van der Waals surface area contributed by atoms with Gasteiger partial charge in [0.15, 0.2) is 6.10 Å². The van der Waals surface area contributed by atoms with E-state index in [0.29, 0.717) is 19.3 Å². The summed E-state index contributed by atoms with van der Waals surface area (Å²) in [5.74, 6) is -1.07. The summed E-state index contributed by atoms with van der Waals surface area (Å²) >= 11 is 0. The molecule has 0 N–H and O–H groups in total. The van der Waals surface area contributed by atoms with Crippen LogP contribution in [-0.4, -0.2) is 37.2 Å². The molecule has 0 radical (unpaired) electrons. The fourth-order valence-electron chi connectivity index (χ4n) is 5.93. The highest BCUT2D eigenvalue weighted by molar-refractivity contribution is 5.71. The third-order valence-electron chi connectivity index (χ3n) is 9.56. The second-order valence-corrected chi connectivity index (χ2v) is 15.5. The average molecular weight is 867 g/mol. The summed E-state index contributed by atoms with van der Waals surface area (Å²) in [5, 5.41) is 0. The predicted molar refractivity (Wildman–Crippen MR) is 269 cm³/mol. The summed E-state index contributed by atoms with van der Waals surface area (Å²) in [6.07, 6.45) is 71.2. The molecule has 0 rings (SSSR count). The third kappa shape index (κ3) is 48.2. The van der Waals surface area contributed by atoms with E-state index in [-0.39, 0.29) is 44.0 Å². The van der Waals surface area contributed by atoms with Crippen LogP contribution in [0.5, 0.6) is 0 Å². The minimum Gasteiger partial charge on any atom is -0.462 e. The maximum absolute atomic E-state index is 12.8. The summed E-state index contributed by atoms with van der Waals surface area (Å²) in [5.41, 5.74) is 0. The van der Waals surface area contributed by atoms with Crippen molar-refractivity contribution in [3.05, 3.63) is 146 Å². The summed E-state index contributed by atoms with van der Waals surface area (Å²) in [7, 11) is 0. The van der Waals surface area contributed by atoms with Gasteiger partial charge in [0, 0.05) is 19.3 Å². The average Bonchev–Trinajstić information content (AvgIpc) is 3.28. The maximum atomic E-state index is 12.8. The minimum atomic E-state index is -0.838. The van der Waals surface area contributed by atoms with Gasteiger partial charge in [-0.3, -0.25) is 14.4 Å². The first kappa shape index (κ1) is 58.3. The number of hydrogen-bond acceptors (Lipinski definition) is 6. The van der Waals surface area contributed by atoms with Gasteiger partial charge >= 0.3 is 17.9 Å². The van der Waals surface area contributed by atoms with Crippen LogP contribution in [0.4, 0.5) is 0 Å². The second-order valence-electron chi connectivity index (χ2n) is 15.5. The molecule has 0 saturated carbocycles. The van der Waals surface area contributed by atoms with Gasteiger partial charge in [-0.25, -0.2) is 0 Å². The molecule has 1 unspecified atom stereocenters. The molecule has 1 atom stereocenters. The molecule has 0 bridgehead atoms. The molecular formula is C57H86O6. The Morgan fingerprint density at radius 1 is 0.349 bits per heavy atom. The zero-order valence-corrected chi connectivity index (χ0v) is 39.8. The molecule has 350 valence electrons. The fourth-order valence-corrected chi connectivity index (χ4v) is 5.93. The SMILES string of the molecule is CC/C=C/C=C/C=C/C=C/C=C/CCCCCC(=O)OC(COC(=O)CCC/C=C/C=C/C=C/C=C/C=C/CC)COC(=O)CCCCCCCCC/C=C/C/C=C/CCCCC. The number of unbranched alkanes of at least 4 members (excludes halogenated alkanes) is 14.